The van der Waals surface area contributed by atoms with E-state index < -0.39 is 0 Å². The summed E-state index contributed by atoms with van der Waals surface area (Å²) in [5, 5.41) is 1.49. The maximum atomic E-state index is 12.0. The number of rotatable bonds is 0. The van der Waals surface area contributed by atoms with E-state index >= 15 is 0 Å². The van der Waals surface area contributed by atoms with Crippen molar-refractivity contribution >= 4 is 17.7 Å². The summed E-state index contributed by atoms with van der Waals surface area (Å²) in [6.07, 6.45) is 10.6. The van der Waals surface area contributed by atoms with Crippen LogP contribution in [0.1, 0.15) is 58.3 Å². The van der Waals surface area contributed by atoms with Gasteiger partial charge in [-0.2, -0.15) is 11.8 Å². The van der Waals surface area contributed by atoms with Gasteiger partial charge in [-0.1, -0.05) is 25.7 Å². The predicted molar refractivity (Wildman–Crippen MR) is 72.2 cm³/mol. The fraction of sp³-hybridized carbons (Fsp3) is 0.929. The number of hydrogen-bond acceptors (Lipinski definition) is 2. The van der Waals surface area contributed by atoms with Crippen molar-refractivity contribution in [3.63, 3.8) is 0 Å². The van der Waals surface area contributed by atoms with Crippen molar-refractivity contribution in [2.75, 3.05) is 0 Å². The minimum Gasteiger partial charge on any atom is -0.335 e. The molecule has 2 saturated carbocycles. The van der Waals surface area contributed by atoms with Crippen molar-refractivity contribution in [3.8, 4) is 0 Å². The molecule has 0 spiro atoms. The molecule has 3 fully saturated rings. The summed E-state index contributed by atoms with van der Waals surface area (Å²) in [7, 11) is 0. The topological polar surface area (TPSA) is 20.3 Å². The lowest BCUT2D eigenvalue weighted by atomic mass is 9.87. The van der Waals surface area contributed by atoms with Gasteiger partial charge in [-0.3, -0.25) is 4.79 Å². The number of amides is 1. The first-order valence-corrected chi connectivity index (χ1v) is 8.16. The molecule has 0 aromatic rings. The van der Waals surface area contributed by atoms with Crippen molar-refractivity contribution in [1.29, 1.82) is 0 Å². The van der Waals surface area contributed by atoms with Crippen molar-refractivity contribution in [3.05, 3.63) is 0 Å². The molecule has 1 saturated heterocycles. The fourth-order valence-electron chi connectivity index (χ4n) is 4.05. The largest absolute Gasteiger partial charge is 0.335 e. The van der Waals surface area contributed by atoms with Crippen molar-refractivity contribution < 1.29 is 4.79 Å². The predicted octanol–water partition coefficient (Wildman–Crippen LogP) is 3.20. The Labute approximate surface area is 109 Å². The normalized spacial score (nSPS) is 41.6. The van der Waals surface area contributed by atoms with E-state index in [1.807, 2.05) is 0 Å². The highest BCUT2D eigenvalue weighted by atomic mass is 32.2. The second-order valence-electron chi connectivity index (χ2n) is 5.84. The molecule has 0 unspecified atom stereocenters. The molecule has 0 aromatic carbocycles. The highest BCUT2D eigenvalue weighted by molar-refractivity contribution is 8.00. The average Bonchev–Trinajstić information content (AvgIpc) is 2.35. The second kappa shape index (κ2) is 4.83. The molecule has 96 valence electrons. The van der Waals surface area contributed by atoms with Crippen LogP contribution in [0, 0.1) is 0 Å². The molecule has 3 aliphatic rings. The SMILES string of the molecule is CC(=O)N1[C@@H]2CCCC[C@@H]2S[C@H]2CCCC[C@@H]21. The lowest BCUT2D eigenvalue weighted by Crippen LogP contribution is -2.60. The minimum atomic E-state index is 0.332. The Hall–Kier alpha value is -0.180. The summed E-state index contributed by atoms with van der Waals surface area (Å²) < 4.78 is 0. The third-order valence-corrected chi connectivity index (χ3v) is 6.56. The van der Waals surface area contributed by atoms with Gasteiger partial charge in [0.05, 0.1) is 0 Å². The third-order valence-electron chi connectivity index (χ3n) is 4.76. The van der Waals surface area contributed by atoms with E-state index in [-0.39, 0.29) is 0 Å². The molecule has 0 N–H and O–H groups in total. The lowest BCUT2D eigenvalue weighted by molar-refractivity contribution is -0.135. The zero-order chi connectivity index (χ0) is 11.8. The van der Waals surface area contributed by atoms with E-state index in [9.17, 15) is 4.79 Å². The van der Waals surface area contributed by atoms with Gasteiger partial charge in [-0.25, -0.2) is 0 Å². The standard InChI is InChI=1S/C14H23NOS/c1-10(16)15-11-6-2-4-8-13(11)17-14-9-5-3-7-12(14)15/h11-14H,2-9H2,1H3/t11-,12+,13-,14-/m0/s1. The third kappa shape index (κ3) is 2.11. The van der Waals surface area contributed by atoms with Crippen LogP contribution in [-0.2, 0) is 4.79 Å². The van der Waals surface area contributed by atoms with Crippen LogP contribution in [0.3, 0.4) is 0 Å². The lowest BCUT2D eigenvalue weighted by Gasteiger charge is -2.53. The molecule has 2 nitrogen and oxygen atoms in total. The Morgan fingerprint density at radius 2 is 1.41 bits per heavy atom. The van der Waals surface area contributed by atoms with E-state index in [1.54, 1.807) is 6.92 Å². The van der Waals surface area contributed by atoms with Gasteiger partial charge in [-0.15, -0.1) is 0 Å². The molecular formula is C14H23NOS. The van der Waals surface area contributed by atoms with E-state index in [4.69, 9.17) is 0 Å². The van der Waals surface area contributed by atoms with Crippen molar-refractivity contribution in [2.24, 2.45) is 0 Å². The second-order valence-corrected chi connectivity index (χ2v) is 7.33. The summed E-state index contributed by atoms with van der Waals surface area (Å²) in [6.45, 7) is 1.79. The Kier molecular flexibility index (Phi) is 3.38. The van der Waals surface area contributed by atoms with Gasteiger partial charge in [0.25, 0.3) is 0 Å². The van der Waals surface area contributed by atoms with Crippen molar-refractivity contribution in [1.82, 2.24) is 4.90 Å². The molecule has 17 heavy (non-hydrogen) atoms. The van der Waals surface area contributed by atoms with Gasteiger partial charge < -0.3 is 4.90 Å². The van der Waals surface area contributed by atoms with Gasteiger partial charge in [0.2, 0.25) is 5.91 Å². The molecule has 1 aliphatic heterocycles. The highest BCUT2D eigenvalue weighted by Crippen LogP contribution is 2.46. The number of thioether (sulfide) groups is 1. The number of hydrogen-bond donors (Lipinski definition) is 0. The summed E-state index contributed by atoms with van der Waals surface area (Å²) >= 11 is 2.23. The van der Waals surface area contributed by atoms with Gasteiger partial charge in [0.15, 0.2) is 0 Å². The van der Waals surface area contributed by atoms with Crippen molar-refractivity contribution in [2.45, 2.75) is 80.9 Å². The van der Waals surface area contributed by atoms with Gasteiger partial charge in [0.1, 0.15) is 0 Å². The number of carbonyl (C=O) groups excluding carboxylic acids is 1. The summed E-state index contributed by atoms with van der Waals surface area (Å²) in [5.41, 5.74) is 0. The monoisotopic (exact) mass is 253 g/mol. The van der Waals surface area contributed by atoms with Crippen LogP contribution >= 0.6 is 11.8 Å². The Bertz CT molecular complexity index is 285. The quantitative estimate of drug-likeness (QED) is 0.661. The zero-order valence-corrected chi connectivity index (χ0v) is 11.5. The highest BCUT2D eigenvalue weighted by Gasteiger charge is 2.45. The minimum absolute atomic E-state index is 0.332. The zero-order valence-electron chi connectivity index (χ0n) is 10.7. The summed E-state index contributed by atoms with van der Waals surface area (Å²) in [4.78, 5) is 14.3. The number of nitrogens with zero attached hydrogens (tertiary/aromatic N) is 1. The van der Waals surface area contributed by atoms with E-state index in [0.29, 0.717) is 18.0 Å². The molecule has 1 heterocycles. The first-order valence-electron chi connectivity index (χ1n) is 7.22. The maximum absolute atomic E-state index is 12.0. The smallest absolute Gasteiger partial charge is 0.220 e. The molecule has 1 amide bonds. The molecule has 0 radical (unpaired) electrons. The Morgan fingerprint density at radius 3 is 1.88 bits per heavy atom. The number of carbonyl (C=O) groups is 1. The van der Waals surface area contributed by atoms with Crippen LogP contribution in [0.5, 0.6) is 0 Å². The first kappa shape index (κ1) is 11.9. The van der Waals surface area contributed by atoms with E-state index in [1.165, 1.54) is 51.4 Å². The Balaban J connectivity index is 1.85. The fourth-order valence-corrected chi connectivity index (χ4v) is 6.00. The average molecular weight is 253 g/mol. The van der Waals surface area contributed by atoms with E-state index in [2.05, 4.69) is 16.7 Å². The van der Waals surface area contributed by atoms with Gasteiger partial charge in [0, 0.05) is 29.5 Å². The molecule has 0 bridgehead atoms. The van der Waals surface area contributed by atoms with Crippen LogP contribution < -0.4 is 0 Å². The molecular weight excluding hydrogens is 230 g/mol. The molecule has 4 atom stereocenters. The summed E-state index contributed by atoms with van der Waals surface area (Å²) in [6, 6.07) is 1.12. The molecule has 0 aromatic heterocycles. The molecule has 3 rings (SSSR count). The van der Waals surface area contributed by atoms with Crippen LogP contribution in [-0.4, -0.2) is 33.4 Å². The maximum Gasteiger partial charge on any atom is 0.220 e. The van der Waals surface area contributed by atoms with Crippen LogP contribution in [0.25, 0.3) is 0 Å². The van der Waals surface area contributed by atoms with Crippen LogP contribution in [0.2, 0.25) is 0 Å². The van der Waals surface area contributed by atoms with Crippen LogP contribution in [0.4, 0.5) is 0 Å². The molecule has 3 heteroatoms. The first-order chi connectivity index (χ1) is 8.27. The molecule has 2 aliphatic carbocycles. The Morgan fingerprint density at radius 1 is 0.941 bits per heavy atom. The van der Waals surface area contributed by atoms with E-state index in [0.717, 1.165) is 10.5 Å². The summed E-state index contributed by atoms with van der Waals surface area (Å²) in [5.74, 6) is 0.332. The van der Waals surface area contributed by atoms with Gasteiger partial charge in [-0.05, 0) is 25.7 Å². The van der Waals surface area contributed by atoms with Crippen LogP contribution in [0.15, 0.2) is 0 Å². The number of fused-ring (bicyclic) bond motifs is 2. The van der Waals surface area contributed by atoms with Gasteiger partial charge >= 0.3 is 0 Å².